The molecule has 2 heterocycles. The van der Waals surface area contributed by atoms with Crippen molar-refractivity contribution in [1.29, 1.82) is 0 Å². The third kappa shape index (κ3) is 3.57. The van der Waals surface area contributed by atoms with Crippen LogP contribution in [0.1, 0.15) is 5.56 Å². The second-order valence-electron chi connectivity index (χ2n) is 5.14. The fourth-order valence-electron chi connectivity index (χ4n) is 2.29. The Morgan fingerprint density at radius 3 is 2.76 bits per heavy atom. The van der Waals surface area contributed by atoms with Gasteiger partial charge in [-0.2, -0.15) is 0 Å². The third-order valence-corrected chi connectivity index (χ3v) is 4.67. The molecule has 0 amide bonds. The molecule has 130 valence electrons. The van der Waals surface area contributed by atoms with E-state index in [0.717, 1.165) is 4.68 Å². The zero-order valence-corrected chi connectivity index (χ0v) is 14.3. The van der Waals surface area contributed by atoms with E-state index in [-0.39, 0.29) is 18.9 Å². The summed E-state index contributed by atoms with van der Waals surface area (Å²) in [5.41, 5.74) is 5.30. The number of thiophene rings is 1. The topological polar surface area (TPSA) is 98.4 Å². The maximum Gasteiger partial charge on any atom is 0.346 e. The molecular formula is C15H13ClFN5O2S. The quantitative estimate of drug-likeness (QED) is 0.307. The summed E-state index contributed by atoms with van der Waals surface area (Å²) >= 11 is 7.21. The zero-order chi connectivity index (χ0) is 18.0. The molecule has 10 heteroatoms. The average Bonchev–Trinajstić information content (AvgIpc) is 3.15. The first-order valence-corrected chi connectivity index (χ1v) is 8.32. The van der Waals surface area contributed by atoms with Gasteiger partial charge in [0.1, 0.15) is 12.4 Å². The zero-order valence-electron chi connectivity index (χ0n) is 12.8. The largest absolute Gasteiger partial charge is 0.409 e. The molecule has 0 saturated carbocycles. The normalized spacial score (nSPS) is 11.8. The van der Waals surface area contributed by atoms with Crippen LogP contribution in [-0.2, 0) is 13.1 Å². The Hall–Kier alpha value is -2.65. The summed E-state index contributed by atoms with van der Waals surface area (Å²) in [4.78, 5) is 13.3. The molecule has 0 spiro atoms. The highest BCUT2D eigenvalue weighted by Gasteiger charge is 2.18. The Bertz CT molecular complexity index is 994. The molecule has 7 nitrogen and oxygen atoms in total. The lowest BCUT2D eigenvalue weighted by Crippen LogP contribution is -2.31. The molecule has 3 rings (SSSR count). The highest BCUT2D eigenvalue weighted by Crippen LogP contribution is 2.29. The molecule has 3 N–H and O–H groups in total. The number of nitrogens with zero attached hydrogens (tertiary/aromatic N) is 4. The molecule has 0 aliphatic heterocycles. The minimum absolute atomic E-state index is 0.00741. The van der Waals surface area contributed by atoms with Gasteiger partial charge in [-0.15, -0.1) is 16.4 Å². The summed E-state index contributed by atoms with van der Waals surface area (Å²) in [5.74, 6) is -0.266. The van der Waals surface area contributed by atoms with Gasteiger partial charge in [-0.1, -0.05) is 35.0 Å². The average molecular weight is 382 g/mol. The predicted octanol–water partition coefficient (Wildman–Crippen LogP) is 2.36. The lowest BCUT2D eigenvalue weighted by molar-refractivity contribution is 0.316. The maximum atomic E-state index is 14.0. The van der Waals surface area contributed by atoms with Gasteiger partial charge in [-0.05, 0) is 18.2 Å². The van der Waals surface area contributed by atoms with Crippen LogP contribution in [0, 0.1) is 5.82 Å². The number of hydrogen-bond donors (Lipinski definition) is 2. The van der Waals surface area contributed by atoms with E-state index in [9.17, 15) is 9.18 Å². The van der Waals surface area contributed by atoms with E-state index in [0.29, 0.717) is 20.6 Å². The summed E-state index contributed by atoms with van der Waals surface area (Å²) in [6.45, 7) is -0.196. The molecule has 0 bridgehead atoms. The number of halogens is 2. The van der Waals surface area contributed by atoms with Crippen LogP contribution in [-0.4, -0.2) is 25.4 Å². The molecule has 3 aromatic rings. The first kappa shape index (κ1) is 17.2. The smallest absolute Gasteiger partial charge is 0.346 e. The molecule has 25 heavy (non-hydrogen) atoms. The third-order valence-electron chi connectivity index (χ3n) is 3.44. The Kier molecular flexibility index (Phi) is 4.86. The minimum Gasteiger partial charge on any atom is -0.409 e. The molecule has 0 saturated heterocycles. The van der Waals surface area contributed by atoms with Crippen molar-refractivity contribution < 1.29 is 9.60 Å². The van der Waals surface area contributed by atoms with Crippen molar-refractivity contribution in [2.75, 3.05) is 0 Å². The molecule has 2 aromatic heterocycles. The van der Waals surface area contributed by atoms with Crippen molar-refractivity contribution in [2.24, 2.45) is 10.9 Å². The SMILES string of the molecule is N/C(Cn1nc(-c2ccc(Cl)s2)n(Cc2ccccc2F)c1=O)=N\O. The van der Waals surface area contributed by atoms with Crippen molar-refractivity contribution in [3.63, 3.8) is 0 Å². The summed E-state index contributed by atoms with van der Waals surface area (Å²) < 4.78 is 16.9. The van der Waals surface area contributed by atoms with Gasteiger partial charge in [-0.3, -0.25) is 4.57 Å². The lowest BCUT2D eigenvalue weighted by Gasteiger charge is -2.05. The number of hydrogen-bond acceptors (Lipinski definition) is 5. The second kappa shape index (κ2) is 7.08. The van der Waals surface area contributed by atoms with Crippen LogP contribution < -0.4 is 11.4 Å². The standard InChI is InChI=1S/C15H13ClFN5O2S/c16-12-6-5-11(25-12)14-19-22(8-13(18)20-24)15(23)21(14)7-9-3-1-2-4-10(9)17/h1-6,24H,7-8H2,(H2,18,20). The van der Waals surface area contributed by atoms with Crippen molar-refractivity contribution in [1.82, 2.24) is 14.3 Å². The van der Waals surface area contributed by atoms with Gasteiger partial charge in [0.05, 0.1) is 15.8 Å². The van der Waals surface area contributed by atoms with Gasteiger partial charge >= 0.3 is 5.69 Å². The number of aromatic nitrogens is 3. The number of nitrogens with two attached hydrogens (primary N) is 1. The monoisotopic (exact) mass is 381 g/mol. The van der Waals surface area contributed by atoms with Crippen LogP contribution in [0.15, 0.2) is 46.3 Å². The first-order chi connectivity index (χ1) is 12.0. The fraction of sp³-hybridized carbons (Fsp3) is 0.133. The van der Waals surface area contributed by atoms with Crippen LogP contribution >= 0.6 is 22.9 Å². The van der Waals surface area contributed by atoms with Gasteiger partial charge in [0, 0.05) is 5.56 Å². The minimum atomic E-state index is -0.505. The number of oxime groups is 1. The van der Waals surface area contributed by atoms with E-state index >= 15 is 0 Å². The molecule has 0 fully saturated rings. The Balaban J connectivity index is 2.11. The van der Waals surface area contributed by atoms with Crippen LogP contribution in [0.5, 0.6) is 0 Å². The van der Waals surface area contributed by atoms with Gasteiger partial charge in [0.2, 0.25) is 0 Å². The number of benzene rings is 1. The molecular weight excluding hydrogens is 369 g/mol. The van der Waals surface area contributed by atoms with Crippen LogP contribution in [0.25, 0.3) is 10.7 Å². The van der Waals surface area contributed by atoms with Gasteiger partial charge < -0.3 is 10.9 Å². The van der Waals surface area contributed by atoms with Gasteiger partial charge in [-0.25, -0.2) is 13.9 Å². The van der Waals surface area contributed by atoms with E-state index in [2.05, 4.69) is 10.3 Å². The van der Waals surface area contributed by atoms with E-state index in [1.165, 1.54) is 22.0 Å². The molecule has 0 aliphatic rings. The number of rotatable bonds is 5. The summed E-state index contributed by atoms with van der Waals surface area (Å²) in [5, 5.41) is 15.8. The van der Waals surface area contributed by atoms with Crippen LogP contribution in [0.3, 0.4) is 0 Å². The summed E-state index contributed by atoms with van der Waals surface area (Å²) in [6, 6.07) is 9.58. The van der Waals surface area contributed by atoms with Crippen molar-refractivity contribution in [2.45, 2.75) is 13.1 Å². The van der Waals surface area contributed by atoms with Crippen molar-refractivity contribution in [3.8, 4) is 10.7 Å². The lowest BCUT2D eigenvalue weighted by atomic mass is 10.2. The van der Waals surface area contributed by atoms with Crippen LogP contribution in [0.2, 0.25) is 4.34 Å². The highest BCUT2D eigenvalue weighted by molar-refractivity contribution is 7.19. The Labute approximate surface area is 150 Å². The van der Waals surface area contributed by atoms with Gasteiger partial charge in [0.15, 0.2) is 11.7 Å². The molecule has 0 atom stereocenters. The second-order valence-corrected chi connectivity index (χ2v) is 6.85. The van der Waals surface area contributed by atoms with E-state index in [4.69, 9.17) is 22.5 Å². The summed E-state index contributed by atoms with van der Waals surface area (Å²) in [7, 11) is 0. The molecule has 1 aromatic carbocycles. The van der Waals surface area contributed by atoms with Crippen molar-refractivity contribution in [3.05, 3.63) is 62.6 Å². The van der Waals surface area contributed by atoms with Crippen molar-refractivity contribution >= 4 is 28.8 Å². The Morgan fingerprint density at radius 1 is 1.36 bits per heavy atom. The molecule has 0 radical (unpaired) electrons. The predicted molar refractivity (Wildman–Crippen MR) is 93.7 cm³/mol. The van der Waals surface area contributed by atoms with E-state index < -0.39 is 11.5 Å². The van der Waals surface area contributed by atoms with E-state index in [1.807, 2.05) is 0 Å². The summed E-state index contributed by atoms with van der Waals surface area (Å²) in [6.07, 6.45) is 0. The maximum absolute atomic E-state index is 14.0. The fourth-order valence-corrected chi connectivity index (χ4v) is 3.32. The molecule has 0 unspecified atom stereocenters. The van der Waals surface area contributed by atoms with E-state index in [1.54, 1.807) is 30.3 Å². The molecule has 0 aliphatic carbocycles. The Morgan fingerprint density at radius 2 is 2.12 bits per heavy atom. The highest BCUT2D eigenvalue weighted by atomic mass is 35.5. The first-order valence-electron chi connectivity index (χ1n) is 7.12. The van der Waals surface area contributed by atoms with Gasteiger partial charge in [0.25, 0.3) is 0 Å². The number of amidine groups is 1. The van der Waals surface area contributed by atoms with Crippen LogP contribution in [0.4, 0.5) is 4.39 Å².